The zero-order chi connectivity index (χ0) is 16.0. The first-order valence-corrected chi connectivity index (χ1v) is 8.19. The Labute approximate surface area is 126 Å². The van der Waals surface area contributed by atoms with E-state index in [-0.39, 0.29) is 18.9 Å². The summed E-state index contributed by atoms with van der Waals surface area (Å²) in [5.74, 6) is 0.00915. The van der Waals surface area contributed by atoms with Gasteiger partial charge in [-0.1, -0.05) is 0 Å². The Hall–Kier alpha value is -1.21. The van der Waals surface area contributed by atoms with Crippen molar-refractivity contribution in [2.45, 2.75) is 6.42 Å². The standard InChI is InChI=1S/C12H23N5O3S/c1-14(2)11-12(18)16-7-9-17(10-8-16)21(19,20)15(3)6-4-5-13/h4,6-11H2,1-3H3. The quantitative estimate of drug-likeness (QED) is 0.613. The van der Waals surface area contributed by atoms with Gasteiger partial charge in [-0.2, -0.15) is 22.3 Å². The van der Waals surface area contributed by atoms with Crippen molar-refractivity contribution in [2.75, 3.05) is 60.4 Å². The summed E-state index contributed by atoms with van der Waals surface area (Å²) in [6.07, 6.45) is 0.164. The molecule has 0 spiro atoms. The molecule has 0 radical (unpaired) electrons. The molecular formula is C12H23N5O3S. The SMILES string of the molecule is CN(C)CC(=O)N1CCN(S(=O)(=O)N(C)CCC#N)CC1. The lowest BCUT2D eigenvalue weighted by Gasteiger charge is -2.36. The maximum absolute atomic E-state index is 12.3. The highest BCUT2D eigenvalue weighted by molar-refractivity contribution is 7.86. The lowest BCUT2D eigenvalue weighted by molar-refractivity contribution is -0.133. The molecule has 21 heavy (non-hydrogen) atoms. The highest BCUT2D eigenvalue weighted by Gasteiger charge is 2.31. The van der Waals surface area contributed by atoms with Crippen molar-refractivity contribution in [3.8, 4) is 6.07 Å². The first kappa shape index (κ1) is 17.8. The summed E-state index contributed by atoms with van der Waals surface area (Å²) in [7, 11) is 1.57. The smallest absolute Gasteiger partial charge is 0.281 e. The van der Waals surface area contributed by atoms with Gasteiger partial charge in [-0.05, 0) is 14.1 Å². The minimum atomic E-state index is -3.54. The van der Waals surface area contributed by atoms with E-state index >= 15 is 0 Å². The van der Waals surface area contributed by atoms with Crippen molar-refractivity contribution in [1.29, 1.82) is 5.26 Å². The number of hydrogen-bond acceptors (Lipinski definition) is 5. The van der Waals surface area contributed by atoms with E-state index in [0.717, 1.165) is 0 Å². The fourth-order valence-electron chi connectivity index (χ4n) is 2.06. The van der Waals surface area contributed by atoms with E-state index in [2.05, 4.69) is 0 Å². The Kier molecular flexibility index (Phi) is 6.54. The lowest BCUT2D eigenvalue weighted by Crippen LogP contribution is -2.54. The maximum atomic E-state index is 12.3. The minimum Gasteiger partial charge on any atom is -0.339 e. The molecule has 1 fully saturated rings. The monoisotopic (exact) mass is 317 g/mol. The molecule has 0 unspecified atom stereocenters. The van der Waals surface area contributed by atoms with E-state index in [1.54, 1.807) is 9.80 Å². The highest BCUT2D eigenvalue weighted by Crippen LogP contribution is 2.11. The summed E-state index contributed by atoms with van der Waals surface area (Å²) in [6, 6.07) is 1.93. The van der Waals surface area contributed by atoms with Crippen LogP contribution in [-0.2, 0) is 15.0 Å². The molecule has 0 atom stereocenters. The molecule has 0 N–H and O–H groups in total. The van der Waals surface area contributed by atoms with Crippen molar-refractivity contribution in [1.82, 2.24) is 18.4 Å². The highest BCUT2D eigenvalue weighted by atomic mass is 32.2. The molecule has 1 amide bonds. The molecule has 0 saturated carbocycles. The van der Waals surface area contributed by atoms with Crippen molar-refractivity contribution in [3.05, 3.63) is 0 Å². The van der Waals surface area contributed by atoms with Gasteiger partial charge >= 0.3 is 0 Å². The van der Waals surface area contributed by atoms with Crippen LogP contribution in [0.3, 0.4) is 0 Å². The van der Waals surface area contributed by atoms with Gasteiger partial charge in [0.25, 0.3) is 10.2 Å². The summed E-state index contributed by atoms with van der Waals surface area (Å²) in [5.41, 5.74) is 0. The van der Waals surface area contributed by atoms with Crippen LogP contribution in [0.5, 0.6) is 0 Å². The summed E-state index contributed by atoms with van der Waals surface area (Å²) >= 11 is 0. The normalized spacial score (nSPS) is 17.2. The van der Waals surface area contributed by atoms with Crippen LogP contribution in [0.1, 0.15) is 6.42 Å². The molecule has 1 aliphatic heterocycles. The van der Waals surface area contributed by atoms with Crippen LogP contribution in [0.4, 0.5) is 0 Å². The first-order valence-electron chi connectivity index (χ1n) is 6.80. The van der Waals surface area contributed by atoms with Crippen LogP contribution in [0, 0.1) is 11.3 Å². The third-order valence-electron chi connectivity index (χ3n) is 3.30. The van der Waals surface area contributed by atoms with Crippen molar-refractivity contribution in [3.63, 3.8) is 0 Å². The zero-order valence-electron chi connectivity index (χ0n) is 12.8. The fourth-order valence-corrected chi connectivity index (χ4v) is 3.40. The van der Waals surface area contributed by atoms with Gasteiger partial charge in [0.15, 0.2) is 0 Å². The second-order valence-corrected chi connectivity index (χ2v) is 7.29. The van der Waals surface area contributed by atoms with Crippen molar-refractivity contribution in [2.24, 2.45) is 0 Å². The topological polar surface area (TPSA) is 88.0 Å². The largest absolute Gasteiger partial charge is 0.339 e. The van der Waals surface area contributed by atoms with Crippen LogP contribution in [0.25, 0.3) is 0 Å². The lowest BCUT2D eigenvalue weighted by atomic mass is 10.3. The van der Waals surface area contributed by atoms with Gasteiger partial charge in [0.2, 0.25) is 5.91 Å². The van der Waals surface area contributed by atoms with Crippen LogP contribution < -0.4 is 0 Å². The zero-order valence-corrected chi connectivity index (χ0v) is 13.6. The van der Waals surface area contributed by atoms with E-state index in [4.69, 9.17) is 5.26 Å². The average molecular weight is 317 g/mol. The van der Waals surface area contributed by atoms with Crippen LogP contribution in [0.15, 0.2) is 0 Å². The molecule has 1 heterocycles. The Balaban J connectivity index is 2.56. The number of hydrogen-bond donors (Lipinski definition) is 0. The van der Waals surface area contributed by atoms with Crippen LogP contribution in [-0.4, -0.2) is 93.1 Å². The van der Waals surface area contributed by atoms with Crippen LogP contribution in [0.2, 0.25) is 0 Å². The predicted molar refractivity (Wildman–Crippen MR) is 78.5 cm³/mol. The molecule has 8 nitrogen and oxygen atoms in total. The number of likely N-dealkylation sites (N-methyl/N-ethyl adjacent to an activating group) is 1. The molecule has 1 rings (SSSR count). The Morgan fingerprint density at radius 2 is 1.76 bits per heavy atom. The molecule has 1 saturated heterocycles. The van der Waals surface area contributed by atoms with Gasteiger partial charge < -0.3 is 9.80 Å². The maximum Gasteiger partial charge on any atom is 0.281 e. The van der Waals surface area contributed by atoms with Gasteiger partial charge in [0.1, 0.15) is 0 Å². The van der Waals surface area contributed by atoms with E-state index in [1.165, 1.54) is 15.7 Å². The van der Waals surface area contributed by atoms with E-state index in [1.807, 2.05) is 20.2 Å². The molecule has 1 aliphatic rings. The predicted octanol–water partition coefficient (Wildman–Crippen LogP) is -1.22. The molecule has 0 bridgehead atoms. The van der Waals surface area contributed by atoms with Gasteiger partial charge in [-0.25, -0.2) is 0 Å². The first-order chi connectivity index (χ1) is 9.78. The summed E-state index contributed by atoms with van der Waals surface area (Å²) in [5, 5.41) is 8.53. The number of carbonyl (C=O) groups excluding carboxylic acids is 1. The average Bonchev–Trinajstić information content (AvgIpc) is 2.44. The summed E-state index contributed by atoms with van der Waals surface area (Å²) in [6.45, 7) is 1.89. The third-order valence-corrected chi connectivity index (χ3v) is 5.29. The molecular weight excluding hydrogens is 294 g/mol. The van der Waals surface area contributed by atoms with Gasteiger partial charge in [-0.3, -0.25) is 4.79 Å². The number of nitriles is 1. The van der Waals surface area contributed by atoms with Gasteiger partial charge in [0.05, 0.1) is 12.6 Å². The third kappa shape index (κ3) is 4.93. The Morgan fingerprint density at radius 3 is 2.24 bits per heavy atom. The van der Waals surface area contributed by atoms with Crippen LogP contribution >= 0.6 is 0 Å². The molecule has 0 aromatic heterocycles. The van der Waals surface area contributed by atoms with E-state index < -0.39 is 10.2 Å². The number of carbonyl (C=O) groups is 1. The Morgan fingerprint density at radius 1 is 1.19 bits per heavy atom. The Bertz CT molecular complexity index is 492. The summed E-state index contributed by atoms with van der Waals surface area (Å²) < 4.78 is 27.1. The molecule has 0 aromatic rings. The number of nitrogens with zero attached hydrogens (tertiary/aromatic N) is 5. The number of rotatable bonds is 6. The second kappa shape index (κ2) is 7.70. The molecule has 120 valence electrons. The number of piperazine rings is 1. The summed E-state index contributed by atoms with van der Waals surface area (Å²) in [4.78, 5) is 15.4. The van der Waals surface area contributed by atoms with Crippen molar-refractivity contribution < 1.29 is 13.2 Å². The van der Waals surface area contributed by atoms with E-state index in [0.29, 0.717) is 32.7 Å². The minimum absolute atomic E-state index is 0.00915. The molecule has 0 aliphatic carbocycles. The van der Waals surface area contributed by atoms with E-state index in [9.17, 15) is 13.2 Å². The second-order valence-electron chi connectivity index (χ2n) is 5.26. The number of amides is 1. The molecule has 9 heteroatoms. The molecule has 0 aromatic carbocycles. The van der Waals surface area contributed by atoms with Crippen molar-refractivity contribution >= 4 is 16.1 Å². The fraction of sp³-hybridized carbons (Fsp3) is 0.833. The van der Waals surface area contributed by atoms with Gasteiger partial charge in [-0.15, -0.1) is 0 Å². The van der Waals surface area contributed by atoms with Gasteiger partial charge in [0, 0.05) is 46.2 Å².